The van der Waals surface area contributed by atoms with Crippen molar-refractivity contribution in [1.82, 2.24) is 0 Å². The van der Waals surface area contributed by atoms with Crippen molar-refractivity contribution < 1.29 is 9.84 Å². The lowest BCUT2D eigenvalue weighted by molar-refractivity contribution is 0.288. The van der Waals surface area contributed by atoms with Gasteiger partial charge < -0.3 is 15.6 Å². The van der Waals surface area contributed by atoms with E-state index >= 15 is 0 Å². The maximum absolute atomic E-state index is 9.73. The lowest BCUT2D eigenvalue weighted by atomic mass is 10.1. The molecule has 1 unspecified atom stereocenters. The van der Waals surface area contributed by atoms with Gasteiger partial charge in [0.05, 0.1) is 0 Å². The molecule has 1 atom stereocenters. The Hall–Kier alpha value is -2.00. The molecule has 0 aliphatic rings. The van der Waals surface area contributed by atoms with Crippen LogP contribution in [0.25, 0.3) is 0 Å². The van der Waals surface area contributed by atoms with Crippen LogP contribution in [0.2, 0.25) is 0 Å². The van der Waals surface area contributed by atoms with E-state index < -0.39 is 0 Å². The molecule has 3 N–H and O–H groups in total. The van der Waals surface area contributed by atoms with Crippen LogP contribution < -0.4 is 10.5 Å². The summed E-state index contributed by atoms with van der Waals surface area (Å²) in [7, 11) is 0. The fourth-order valence-corrected chi connectivity index (χ4v) is 1.66. The molecule has 0 bridgehead atoms. The minimum Gasteiger partial charge on any atom is -0.504 e. The molecule has 0 radical (unpaired) electrons. The van der Waals surface area contributed by atoms with Crippen molar-refractivity contribution in [2.24, 2.45) is 5.73 Å². The van der Waals surface area contributed by atoms with Crippen molar-refractivity contribution in [3.05, 3.63) is 59.7 Å². The fourth-order valence-electron chi connectivity index (χ4n) is 1.66. The van der Waals surface area contributed by atoms with Gasteiger partial charge in [-0.2, -0.15) is 0 Å². The number of hydrogen-bond acceptors (Lipinski definition) is 3. The lowest BCUT2D eigenvalue weighted by Crippen LogP contribution is -2.05. The van der Waals surface area contributed by atoms with Gasteiger partial charge in [-0.1, -0.05) is 36.4 Å². The quantitative estimate of drug-likeness (QED) is 0.868. The highest BCUT2D eigenvalue weighted by Crippen LogP contribution is 2.29. The van der Waals surface area contributed by atoms with E-state index in [1.54, 1.807) is 18.2 Å². The number of phenolic OH excluding ortho intramolecular Hbond substituents is 1. The van der Waals surface area contributed by atoms with Gasteiger partial charge in [0.2, 0.25) is 0 Å². The van der Waals surface area contributed by atoms with E-state index in [-0.39, 0.29) is 11.8 Å². The molecule has 0 fully saturated rings. The summed E-state index contributed by atoms with van der Waals surface area (Å²) in [6.45, 7) is 2.32. The van der Waals surface area contributed by atoms with Gasteiger partial charge in [-0.3, -0.25) is 0 Å². The molecule has 94 valence electrons. The van der Waals surface area contributed by atoms with E-state index in [2.05, 4.69) is 0 Å². The Kier molecular flexibility index (Phi) is 3.85. The first-order valence-corrected chi connectivity index (χ1v) is 5.92. The van der Waals surface area contributed by atoms with Crippen LogP contribution in [0, 0.1) is 0 Å². The molecule has 0 aromatic heterocycles. The molecule has 2 rings (SSSR count). The monoisotopic (exact) mass is 243 g/mol. The summed E-state index contributed by atoms with van der Waals surface area (Å²) in [5.74, 6) is 0.601. The van der Waals surface area contributed by atoms with E-state index in [0.29, 0.717) is 12.4 Å². The molecule has 18 heavy (non-hydrogen) atoms. The molecule has 3 nitrogen and oxygen atoms in total. The van der Waals surface area contributed by atoms with E-state index in [0.717, 1.165) is 11.1 Å². The Labute approximate surface area is 107 Å². The van der Waals surface area contributed by atoms with Crippen molar-refractivity contribution in [2.75, 3.05) is 0 Å². The first-order chi connectivity index (χ1) is 8.66. The first kappa shape index (κ1) is 12.5. The SMILES string of the molecule is CC(N)c1ccc(O)c(OCc2ccccc2)c1. The van der Waals surface area contributed by atoms with Gasteiger partial charge in [-0.25, -0.2) is 0 Å². The summed E-state index contributed by atoms with van der Waals surface area (Å²) in [4.78, 5) is 0. The number of rotatable bonds is 4. The molecule has 0 saturated carbocycles. The normalized spacial score (nSPS) is 12.1. The molecule has 2 aromatic carbocycles. The van der Waals surface area contributed by atoms with Crippen LogP contribution in [0.4, 0.5) is 0 Å². The smallest absolute Gasteiger partial charge is 0.161 e. The number of hydrogen-bond donors (Lipinski definition) is 2. The molecule has 0 amide bonds. The van der Waals surface area contributed by atoms with Gasteiger partial charge in [-0.15, -0.1) is 0 Å². The standard InChI is InChI=1S/C15H17NO2/c1-11(16)13-7-8-14(17)15(9-13)18-10-12-5-3-2-4-6-12/h2-9,11,17H,10,16H2,1H3. The van der Waals surface area contributed by atoms with Crippen molar-refractivity contribution in [1.29, 1.82) is 0 Å². The van der Waals surface area contributed by atoms with Gasteiger partial charge in [0.15, 0.2) is 11.5 Å². The van der Waals surface area contributed by atoms with Crippen LogP contribution in [0.3, 0.4) is 0 Å². The Morgan fingerprint density at radius 3 is 2.56 bits per heavy atom. The van der Waals surface area contributed by atoms with E-state index in [4.69, 9.17) is 10.5 Å². The maximum Gasteiger partial charge on any atom is 0.161 e. The van der Waals surface area contributed by atoms with Crippen molar-refractivity contribution >= 4 is 0 Å². The zero-order valence-corrected chi connectivity index (χ0v) is 10.3. The zero-order chi connectivity index (χ0) is 13.0. The second-order valence-electron chi connectivity index (χ2n) is 4.29. The highest BCUT2D eigenvalue weighted by atomic mass is 16.5. The summed E-state index contributed by atoms with van der Waals surface area (Å²) in [5, 5.41) is 9.73. The first-order valence-electron chi connectivity index (χ1n) is 5.92. The van der Waals surface area contributed by atoms with Crippen molar-refractivity contribution in [3.8, 4) is 11.5 Å². The van der Waals surface area contributed by atoms with Crippen LogP contribution >= 0.6 is 0 Å². The average molecular weight is 243 g/mol. The molecule has 0 aliphatic carbocycles. The van der Waals surface area contributed by atoms with Crippen LogP contribution in [0.5, 0.6) is 11.5 Å². The van der Waals surface area contributed by atoms with E-state index in [1.807, 2.05) is 37.3 Å². The molecule has 0 spiro atoms. The molecule has 2 aromatic rings. The number of aromatic hydroxyl groups is 1. The summed E-state index contributed by atoms with van der Waals surface area (Å²) in [6, 6.07) is 14.9. The lowest BCUT2D eigenvalue weighted by Gasteiger charge is -2.11. The number of ether oxygens (including phenoxy) is 1. The van der Waals surface area contributed by atoms with Crippen LogP contribution in [-0.4, -0.2) is 5.11 Å². The maximum atomic E-state index is 9.73. The predicted octanol–water partition coefficient (Wildman–Crippen LogP) is 2.99. The van der Waals surface area contributed by atoms with Crippen LogP contribution in [0.1, 0.15) is 24.1 Å². The summed E-state index contributed by atoms with van der Waals surface area (Å²) < 4.78 is 5.61. The van der Waals surface area contributed by atoms with Crippen molar-refractivity contribution in [2.45, 2.75) is 19.6 Å². The molecule has 0 saturated heterocycles. The highest BCUT2D eigenvalue weighted by molar-refractivity contribution is 5.42. The largest absolute Gasteiger partial charge is 0.504 e. The third-order valence-corrected chi connectivity index (χ3v) is 2.75. The molecule has 0 aliphatic heterocycles. The Morgan fingerprint density at radius 2 is 1.89 bits per heavy atom. The molecular weight excluding hydrogens is 226 g/mol. The van der Waals surface area contributed by atoms with Crippen molar-refractivity contribution in [3.63, 3.8) is 0 Å². The van der Waals surface area contributed by atoms with Crippen LogP contribution in [0.15, 0.2) is 48.5 Å². The summed E-state index contributed by atoms with van der Waals surface area (Å²) >= 11 is 0. The van der Waals surface area contributed by atoms with E-state index in [1.165, 1.54) is 0 Å². The summed E-state index contributed by atoms with van der Waals surface area (Å²) in [5.41, 5.74) is 7.80. The topological polar surface area (TPSA) is 55.5 Å². The number of nitrogens with two attached hydrogens (primary N) is 1. The molecule has 0 heterocycles. The average Bonchev–Trinajstić information content (AvgIpc) is 2.38. The van der Waals surface area contributed by atoms with Gasteiger partial charge in [0.1, 0.15) is 6.61 Å². The van der Waals surface area contributed by atoms with Gasteiger partial charge in [0.25, 0.3) is 0 Å². The highest BCUT2D eigenvalue weighted by Gasteiger charge is 2.07. The zero-order valence-electron chi connectivity index (χ0n) is 10.3. The Morgan fingerprint density at radius 1 is 1.17 bits per heavy atom. The van der Waals surface area contributed by atoms with Gasteiger partial charge in [0, 0.05) is 6.04 Å². The number of phenols is 1. The second kappa shape index (κ2) is 5.56. The third-order valence-electron chi connectivity index (χ3n) is 2.75. The Balaban J connectivity index is 2.11. The van der Waals surface area contributed by atoms with Crippen LogP contribution in [-0.2, 0) is 6.61 Å². The Bertz CT molecular complexity index is 509. The van der Waals surface area contributed by atoms with E-state index in [9.17, 15) is 5.11 Å². The minimum absolute atomic E-state index is 0.0790. The molecular formula is C15H17NO2. The fraction of sp³-hybridized carbons (Fsp3) is 0.200. The molecule has 3 heteroatoms. The third kappa shape index (κ3) is 3.02. The number of benzene rings is 2. The minimum atomic E-state index is -0.0790. The second-order valence-corrected chi connectivity index (χ2v) is 4.29. The predicted molar refractivity (Wildman–Crippen MR) is 71.5 cm³/mol. The van der Waals surface area contributed by atoms with Gasteiger partial charge >= 0.3 is 0 Å². The summed E-state index contributed by atoms with van der Waals surface area (Å²) in [6.07, 6.45) is 0. The van der Waals surface area contributed by atoms with Gasteiger partial charge in [-0.05, 0) is 30.2 Å².